The van der Waals surface area contributed by atoms with Crippen molar-refractivity contribution >= 4 is 17.1 Å². The number of aryl methyl sites for hydroxylation is 1. The van der Waals surface area contributed by atoms with Crippen LogP contribution in [0.15, 0.2) is 170 Å². The molecule has 2 aliphatic carbocycles. The SMILES string of the molecule is CC1(C)c2cc(C(CCc3ccccc3)c3ccccc3)ccc2-c2ccc3c(c21)C(C)(C)c1cc(N(c2ccccc2)c2ccccc2)ccc1-3. The van der Waals surface area contributed by atoms with Crippen molar-refractivity contribution in [2.45, 2.75) is 57.3 Å². The maximum Gasteiger partial charge on any atom is 0.0465 e. The van der Waals surface area contributed by atoms with Crippen molar-refractivity contribution in [1.29, 1.82) is 0 Å². The summed E-state index contributed by atoms with van der Waals surface area (Å²) in [4.78, 5) is 2.38. The second kappa shape index (κ2) is 12.5. The molecule has 0 amide bonds. The molecule has 7 aromatic carbocycles. The van der Waals surface area contributed by atoms with E-state index in [2.05, 4.69) is 202 Å². The molecule has 0 bridgehead atoms. The van der Waals surface area contributed by atoms with E-state index in [9.17, 15) is 0 Å². The van der Waals surface area contributed by atoms with Gasteiger partial charge in [0.15, 0.2) is 0 Å². The van der Waals surface area contributed by atoms with Crippen LogP contribution >= 0.6 is 0 Å². The van der Waals surface area contributed by atoms with E-state index in [1.807, 2.05) is 0 Å². The minimum absolute atomic E-state index is 0.144. The van der Waals surface area contributed by atoms with Crippen LogP contribution in [-0.2, 0) is 17.3 Å². The minimum Gasteiger partial charge on any atom is -0.310 e. The normalized spacial score (nSPS) is 14.9. The van der Waals surface area contributed by atoms with Crippen molar-refractivity contribution in [2.24, 2.45) is 0 Å². The van der Waals surface area contributed by atoms with Crippen LogP contribution in [0.3, 0.4) is 0 Å². The van der Waals surface area contributed by atoms with Gasteiger partial charge in [-0.2, -0.15) is 0 Å². The number of rotatable bonds is 8. The van der Waals surface area contributed by atoms with Gasteiger partial charge in [0.2, 0.25) is 0 Å². The Kier molecular flexibility index (Phi) is 7.77. The quantitative estimate of drug-likeness (QED) is 0.155. The van der Waals surface area contributed by atoms with Crippen LogP contribution in [-0.4, -0.2) is 0 Å². The second-order valence-corrected chi connectivity index (χ2v) is 15.7. The summed E-state index contributed by atoms with van der Waals surface area (Å²) in [7, 11) is 0. The zero-order chi connectivity index (χ0) is 35.5. The summed E-state index contributed by atoms with van der Waals surface area (Å²) >= 11 is 0. The molecule has 0 aromatic heterocycles. The lowest BCUT2D eigenvalue weighted by Gasteiger charge is -2.31. The Balaban J connectivity index is 1.12. The third-order valence-corrected chi connectivity index (χ3v) is 11.9. The molecule has 7 aromatic rings. The maximum absolute atomic E-state index is 2.55. The first-order valence-electron chi connectivity index (χ1n) is 18.8. The molecule has 254 valence electrons. The van der Waals surface area contributed by atoms with Gasteiger partial charge in [0.05, 0.1) is 0 Å². The van der Waals surface area contributed by atoms with Gasteiger partial charge in [-0.05, 0) is 110 Å². The van der Waals surface area contributed by atoms with Crippen LogP contribution in [0.25, 0.3) is 22.3 Å². The van der Waals surface area contributed by atoms with Gasteiger partial charge in [-0.1, -0.05) is 161 Å². The fraction of sp³-hybridized carbons (Fsp3) is 0.176. The fourth-order valence-electron chi connectivity index (χ4n) is 9.34. The predicted molar refractivity (Wildman–Crippen MR) is 219 cm³/mol. The standard InChI is InChI=1S/C51H45N/c1-50(2)46-33-37(41(36-19-11-6-12-20-36)28-25-35-17-9-5-10-18-35)26-29-42(46)44-31-32-45-43-30-27-40(34-47(43)51(3,4)49(45)48(44)50)52(38-21-13-7-14-22-38)39-23-15-8-16-24-39/h5-24,26-27,29-34,41H,25,28H2,1-4H3. The summed E-state index contributed by atoms with van der Waals surface area (Å²) in [5, 5.41) is 0. The highest BCUT2D eigenvalue weighted by atomic mass is 15.1. The monoisotopic (exact) mass is 671 g/mol. The van der Waals surface area contributed by atoms with E-state index in [0.717, 1.165) is 24.2 Å². The number of hydrogen-bond donors (Lipinski definition) is 0. The summed E-state index contributed by atoms with van der Waals surface area (Å²) in [6.07, 6.45) is 2.12. The van der Waals surface area contributed by atoms with Gasteiger partial charge in [-0.3, -0.25) is 0 Å². The molecule has 1 heteroatoms. The Morgan fingerprint density at radius 1 is 0.423 bits per heavy atom. The van der Waals surface area contributed by atoms with Gasteiger partial charge in [-0.15, -0.1) is 0 Å². The average Bonchev–Trinajstić information content (AvgIpc) is 3.55. The molecule has 0 N–H and O–H groups in total. The topological polar surface area (TPSA) is 3.24 Å². The van der Waals surface area contributed by atoms with Gasteiger partial charge in [0, 0.05) is 33.8 Å². The molecule has 52 heavy (non-hydrogen) atoms. The van der Waals surface area contributed by atoms with Crippen LogP contribution in [0, 0.1) is 0 Å². The first-order chi connectivity index (χ1) is 25.3. The lowest BCUT2D eigenvalue weighted by atomic mass is 9.72. The number of hydrogen-bond acceptors (Lipinski definition) is 1. The van der Waals surface area contributed by atoms with Crippen molar-refractivity contribution in [2.75, 3.05) is 4.90 Å². The van der Waals surface area contributed by atoms with Crippen molar-refractivity contribution in [3.8, 4) is 22.3 Å². The smallest absolute Gasteiger partial charge is 0.0465 e. The molecule has 2 aliphatic rings. The van der Waals surface area contributed by atoms with Crippen LogP contribution in [0.1, 0.15) is 79.0 Å². The van der Waals surface area contributed by atoms with Crippen molar-refractivity contribution in [3.63, 3.8) is 0 Å². The van der Waals surface area contributed by atoms with E-state index in [4.69, 9.17) is 0 Å². The highest BCUT2D eigenvalue weighted by Crippen LogP contribution is 2.60. The van der Waals surface area contributed by atoms with Crippen LogP contribution in [0.4, 0.5) is 17.1 Å². The number of fused-ring (bicyclic) bond motifs is 7. The summed E-state index contributed by atoms with van der Waals surface area (Å²) < 4.78 is 0. The summed E-state index contributed by atoms with van der Waals surface area (Å²) in [6, 6.07) is 62.8. The lowest BCUT2D eigenvalue weighted by Crippen LogP contribution is -2.24. The first kappa shape index (κ1) is 32.3. The second-order valence-electron chi connectivity index (χ2n) is 15.7. The van der Waals surface area contributed by atoms with Crippen LogP contribution < -0.4 is 4.90 Å². The Bertz CT molecular complexity index is 2350. The maximum atomic E-state index is 2.55. The largest absolute Gasteiger partial charge is 0.310 e. The van der Waals surface area contributed by atoms with Crippen molar-refractivity contribution in [1.82, 2.24) is 0 Å². The van der Waals surface area contributed by atoms with E-state index in [1.165, 1.54) is 66.9 Å². The van der Waals surface area contributed by atoms with Crippen LogP contribution in [0.5, 0.6) is 0 Å². The van der Waals surface area contributed by atoms with E-state index < -0.39 is 0 Å². The van der Waals surface area contributed by atoms with E-state index in [0.29, 0.717) is 5.92 Å². The number of para-hydroxylation sites is 2. The molecule has 1 nitrogen and oxygen atoms in total. The van der Waals surface area contributed by atoms with Crippen molar-refractivity contribution < 1.29 is 0 Å². The Labute approximate surface area is 309 Å². The zero-order valence-corrected chi connectivity index (χ0v) is 30.6. The highest BCUT2D eigenvalue weighted by molar-refractivity contribution is 5.92. The Morgan fingerprint density at radius 2 is 0.885 bits per heavy atom. The molecule has 0 saturated heterocycles. The molecule has 1 unspecified atom stereocenters. The molecular formula is C51H45N. The fourth-order valence-corrected chi connectivity index (χ4v) is 9.34. The molecule has 9 rings (SSSR count). The summed E-state index contributed by atoms with van der Waals surface area (Å²) in [6.45, 7) is 9.80. The Morgan fingerprint density at radius 3 is 1.44 bits per heavy atom. The molecule has 0 spiro atoms. The van der Waals surface area contributed by atoms with Gasteiger partial charge >= 0.3 is 0 Å². The molecule has 0 saturated carbocycles. The molecule has 0 heterocycles. The summed E-state index contributed by atoms with van der Waals surface area (Å²) in [5.74, 6) is 0.327. The molecule has 0 radical (unpaired) electrons. The zero-order valence-electron chi connectivity index (χ0n) is 30.6. The number of benzene rings is 7. The predicted octanol–water partition coefficient (Wildman–Crippen LogP) is 13.5. The molecule has 1 atom stereocenters. The van der Waals surface area contributed by atoms with E-state index in [1.54, 1.807) is 0 Å². The molecule has 0 fully saturated rings. The van der Waals surface area contributed by atoms with Gasteiger partial charge < -0.3 is 4.90 Å². The minimum atomic E-state index is -0.171. The molecular weight excluding hydrogens is 627 g/mol. The van der Waals surface area contributed by atoms with Gasteiger partial charge in [0.1, 0.15) is 0 Å². The highest BCUT2D eigenvalue weighted by Gasteiger charge is 2.46. The summed E-state index contributed by atoms with van der Waals surface area (Å²) in [5.41, 5.74) is 18.7. The third kappa shape index (κ3) is 5.22. The van der Waals surface area contributed by atoms with Crippen molar-refractivity contribution in [3.05, 3.63) is 209 Å². The lowest BCUT2D eigenvalue weighted by molar-refractivity contribution is 0.600. The van der Waals surface area contributed by atoms with Crippen LogP contribution in [0.2, 0.25) is 0 Å². The molecule has 0 aliphatic heterocycles. The van der Waals surface area contributed by atoms with E-state index >= 15 is 0 Å². The average molecular weight is 672 g/mol. The Hall–Kier alpha value is -5.66. The number of anilines is 3. The first-order valence-corrected chi connectivity index (χ1v) is 18.8. The van der Waals surface area contributed by atoms with Gasteiger partial charge in [0.25, 0.3) is 0 Å². The third-order valence-electron chi connectivity index (χ3n) is 11.9. The number of nitrogens with zero attached hydrogens (tertiary/aromatic N) is 1. The van der Waals surface area contributed by atoms with Gasteiger partial charge in [-0.25, -0.2) is 0 Å². The van der Waals surface area contributed by atoms with E-state index in [-0.39, 0.29) is 10.8 Å².